The van der Waals surface area contributed by atoms with Gasteiger partial charge in [0.1, 0.15) is 12.3 Å². The smallest absolute Gasteiger partial charge is 0.405 e. The molecule has 0 fully saturated rings. The van der Waals surface area contributed by atoms with Crippen molar-refractivity contribution in [3.8, 4) is 5.75 Å². The fraction of sp³-hybridized carbons (Fsp3) is 0.417. The number of hydrogen-bond acceptors (Lipinski definition) is 3. The van der Waals surface area contributed by atoms with Crippen molar-refractivity contribution in [1.29, 1.82) is 0 Å². The molecule has 0 saturated carbocycles. The highest BCUT2D eigenvalue weighted by Crippen LogP contribution is 2.28. The fourth-order valence-corrected chi connectivity index (χ4v) is 2.13. The Bertz CT molecular complexity index is 492. The van der Waals surface area contributed by atoms with Crippen molar-refractivity contribution in [1.82, 2.24) is 5.32 Å². The van der Waals surface area contributed by atoms with Gasteiger partial charge >= 0.3 is 6.18 Å². The van der Waals surface area contributed by atoms with E-state index >= 15 is 0 Å². The monoisotopic (exact) mass is 355 g/mol. The van der Waals surface area contributed by atoms with E-state index in [4.69, 9.17) is 4.74 Å². The predicted octanol–water partition coefficient (Wildman–Crippen LogP) is 2.31. The highest BCUT2D eigenvalue weighted by Gasteiger charge is 2.27. The summed E-state index contributed by atoms with van der Waals surface area (Å²) in [7, 11) is 0. The molecule has 1 amide bonds. The van der Waals surface area contributed by atoms with E-state index in [-0.39, 0.29) is 12.4 Å². The zero-order valence-electron chi connectivity index (χ0n) is 10.6. The number of carbonyl (C=O) groups is 1. The number of benzene rings is 1. The third kappa shape index (κ3) is 5.38. The molecule has 0 atom stereocenters. The molecule has 4 nitrogen and oxygen atoms in total. The Morgan fingerprint density at radius 2 is 2.10 bits per heavy atom. The number of alkyl halides is 3. The van der Waals surface area contributed by atoms with Crippen LogP contribution in [0, 0.1) is 6.92 Å². The molecule has 0 aliphatic rings. The minimum absolute atomic E-state index is 0.290. The Balaban J connectivity index is 2.64. The summed E-state index contributed by atoms with van der Waals surface area (Å²) in [5.41, 5.74) is 1.10. The number of aryl methyl sites for hydroxylation is 1. The molecule has 1 aromatic carbocycles. The summed E-state index contributed by atoms with van der Waals surface area (Å²) >= 11 is 3.24. The molecule has 0 aromatic heterocycles. The maximum atomic E-state index is 11.9. The first-order valence-corrected chi connectivity index (χ1v) is 6.38. The number of ether oxygens (including phenoxy) is 1. The summed E-state index contributed by atoms with van der Waals surface area (Å²) in [5.74, 6) is -0.591. The summed E-state index contributed by atoms with van der Waals surface area (Å²) in [6, 6.07) is 3.32. The summed E-state index contributed by atoms with van der Waals surface area (Å²) in [6.45, 7) is -0.556. The van der Waals surface area contributed by atoms with Gasteiger partial charge in [-0.2, -0.15) is 13.2 Å². The zero-order chi connectivity index (χ0) is 15.3. The molecule has 2 N–H and O–H groups in total. The maximum Gasteiger partial charge on any atom is 0.405 e. The lowest BCUT2D eigenvalue weighted by atomic mass is 10.1. The third-order valence-corrected chi connectivity index (χ3v) is 2.78. The van der Waals surface area contributed by atoms with Gasteiger partial charge in [0, 0.05) is 10.0 Å². The first-order chi connectivity index (χ1) is 9.23. The normalized spacial score (nSPS) is 11.3. The standard InChI is InChI=1S/C12H13BrF3NO3/c1-7-2-9(13)3-8(4-18)11(7)20-5-10(19)17-6-12(14,15)16/h2-3,18H,4-6H2,1H3,(H,17,19). The number of aliphatic hydroxyl groups excluding tert-OH is 1. The number of halogens is 4. The molecule has 1 aromatic rings. The van der Waals surface area contributed by atoms with Crippen LogP contribution in [0.1, 0.15) is 11.1 Å². The number of hydrogen-bond donors (Lipinski definition) is 2. The lowest BCUT2D eigenvalue weighted by Crippen LogP contribution is -2.36. The summed E-state index contributed by atoms with van der Waals surface area (Å²) in [6.07, 6.45) is -4.46. The van der Waals surface area contributed by atoms with Gasteiger partial charge in [0.2, 0.25) is 0 Å². The van der Waals surface area contributed by atoms with Gasteiger partial charge in [0.15, 0.2) is 6.61 Å². The molecule has 0 radical (unpaired) electrons. The van der Waals surface area contributed by atoms with Gasteiger partial charge < -0.3 is 15.2 Å². The molecular weight excluding hydrogens is 343 g/mol. The molecule has 0 spiro atoms. The average Bonchev–Trinajstić information content (AvgIpc) is 2.33. The van der Waals surface area contributed by atoms with Crippen molar-refractivity contribution in [2.45, 2.75) is 19.7 Å². The van der Waals surface area contributed by atoms with Crippen molar-refractivity contribution < 1.29 is 27.8 Å². The van der Waals surface area contributed by atoms with Crippen molar-refractivity contribution in [2.24, 2.45) is 0 Å². The van der Waals surface area contributed by atoms with Crippen LogP contribution in [-0.2, 0) is 11.4 Å². The number of aliphatic hydroxyl groups is 1. The van der Waals surface area contributed by atoms with Crippen molar-refractivity contribution in [3.63, 3.8) is 0 Å². The quantitative estimate of drug-likeness (QED) is 0.851. The van der Waals surface area contributed by atoms with Crippen LogP contribution < -0.4 is 10.1 Å². The molecule has 0 aliphatic heterocycles. The lowest BCUT2D eigenvalue weighted by Gasteiger charge is -2.14. The van der Waals surface area contributed by atoms with Gasteiger partial charge in [-0.3, -0.25) is 4.79 Å². The average molecular weight is 356 g/mol. The molecule has 0 aliphatic carbocycles. The third-order valence-electron chi connectivity index (χ3n) is 2.32. The minimum atomic E-state index is -4.46. The number of amides is 1. The van der Waals surface area contributed by atoms with Crippen molar-refractivity contribution in [2.75, 3.05) is 13.2 Å². The first kappa shape index (κ1) is 16.8. The van der Waals surface area contributed by atoms with E-state index in [9.17, 15) is 23.1 Å². The molecule has 20 heavy (non-hydrogen) atoms. The van der Waals surface area contributed by atoms with E-state index in [1.54, 1.807) is 24.4 Å². The van der Waals surface area contributed by atoms with Crippen molar-refractivity contribution >= 4 is 21.8 Å². The topological polar surface area (TPSA) is 58.6 Å². The lowest BCUT2D eigenvalue weighted by molar-refractivity contribution is -0.139. The Hall–Kier alpha value is -1.28. The van der Waals surface area contributed by atoms with Crippen LogP contribution in [0.25, 0.3) is 0 Å². The Labute approximate surface area is 122 Å². The minimum Gasteiger partial charge on any atom is -0.483 e. The van der Waals surface area contributed by atoms with E-state index in [1.807, 2.05) is 0 Å². The second-order valence-corrected chi connectivity index (χ2v) is 4.97. The summed E-state index contributed by atoms with van der Waals surface area (Å²) in [5, 5.41) is 10.9. The van der Waals surface area contributed by atoms with E-state index in [2.05, 4.69) is 15.9 Å². The molecule has 0 saturated heterocycles. The summed E-state index contributed by atoms with van der Waals surface area (Å²) in [4.78, 5) is 11.2. The Kier molecular flexibility index (Phi) is 5.82. The summed E-state index contributed by atoms with van der Waals surface area (Å²) < 4.78 is 41.6. The SMILES string of the molecule is Cc1cc(Br)cc(CO)c1OCC(=O)NCC(F)(F)F. The second kappa shape index (κ2) is 6.94. The fourth-order valence-electron chi connectivity index (χ4n) is 1.51. The van der Waals surface area contributed by atoms with E-state index in [0.29, 0.717) is 11.1 Å². The second-order valence-electron chi connectivity index (χ2n) is 4.05. The van der Waals surface area contributed by atoms with Gasteiger partial charge in [-0.1, -0.05) is 15.9 Å². The van der Waals surface area contributed by atoms with Gasteiger partial charge in [0.25, 0.3) is 5.91 Å². The highest BCUT2D eigenvalue weighted by molar-refractivity contribution is 9.10. The predicted molar refractivity (Wildman–Crippen MR) is 69.4 cm³/mol. The van der Waals surface area contributed by atoms with Crippen LogP contribution in [0.5, 0.6) is 5.75 Å². The largest absolute Gasteiger partial charge is 0.483 e. The van der Waals surface area contributed by atoms with Crippen LogP contribution in [0.15, 0.2) is 16.6 Å². The zero-order valence-corrected chi connectivity index (χ0v) is 12.1. The van der Waals surface area contributed by atoms with E-state index < -0.39 is 25.2 Å². The molecule has 1 rings (SSSR count). The number of carbonyl (C=O) groups excluding carboxylic acids is 1. The van der Waals surface area contributed by atoms with Crippen LogP contribution >= 0.6 is 15.9 Å². The Morgan fingerprint density at radius 1 is 1.45 bits per heavy atom. The number of nitrogens with one attached hydrogen (secondary N) is 1. The van der Waals surface area contributed by atoms with Crippen molar-refractivity contribution in [3.05, 3.63) is 27.7 Å². The Morgan fingerprint density at radius 3 is 2.65 bits per heavy atom. The van der Waals surface area contributed by atoms with E-state index in [0.717, 1.165) is 4.47 Å². The van der Waals surface area contributed by atoms with Gasteiger partial charge in [-0.15, -0.1) is 0 Å². The molecular formula is C12H13BrF3NO3. The van der Waals surface area contributed by atoms with Gasteiger partial charge in [-0.25, -0.2) is 0 Å². The molecule has 0 bridgehead atoms. The van der Waals surface area contributed by atoms with Crippen LogP contribution in [-0.4, -0.2) is 30.3 Å². The molecule has 0 heterocycles. The molecule has 8 heteroatoms. The number of rotatable bonds is 5. The van der Waals surface area contributed by atoms with E-state index in [1.165, 1.54) is 0 Å². The van der Waals surface area contributed by atoms with Gasteiger partial charge in [0.05, 0.1) is 6.61 Å². The molecule has 0 unspecified atom stereocenters. The van der Waals surface area contributed by atoms with Crippen LogP contribution in [0.4, 0.5) is 13.2 Å². The molecule has 112 valence electrons. The van der Waals surface area contributed by atoms with Gasteiger partial charge in [-0.05, 0) is 24.6 Å². The first-order valence-electron chi connectivity index (χ1n) is 5.59. The van der Waals surface area contributed by atoms with Crippen LogP contribution in [0.3, 0.4) is 0 Å². The van der Waals surface area contributed by atoms with Crippen LogP contribution in [0.2, 0.25) is 0 Å². The maximum absolute atomic E-state index is 11.9. The highest BCUT2D eigenvalue weighted by atomic mass is 79.9.